The van der Waals surface area contributed by atoms with Crippen LogP contribution in [0.4, 0.5) is 0 Å². The van der Waals surface area contributed by atoms with Gasteiger partial charge < -0.3 is 0 Å². The molecule has 0 aliphatic carbocycles. The van der Waals surface area contributed by atoms with E-state index in [9.17, 15) is 0 Å². The molecule has 0 radical (unpaired) electrons. The van der Waals surface area contributed by atoms with Crippen LogP contribution in [0.3, 0.4) is 0 Å². The van der Waals surface area contributed by atoms with E-state index in [1.165, 1.54) is 33.0 Å². The van der Waals surface area contributed by atoms with Gasteiger partial charge in [0.15, 0.2) is 0 Å². The Bertz CT molecular complexity index is 2050. The van der Waals surface area contributed by atoms with Crippen LogP contribution in [0.5, 0.6) is 0 Å². The molecule has 0 fully saturated rings. The molecule has 0 spiro atoms. The maximum atomic E-state index is 5.06. The lowest BCUT2D eigenvalue weighted by atomic mass is 9.88. The fourth-order valence-electron chi connectivity index (χ4n) is 6.05. The third-order valence-corrected chi connectivity index (χ3v) is 8.12. The average molecular weight is 535 g/mol. The van der Waals surface area contributed by atoms with Crippen molar-refractivity contribution >= 4 is 32.6 Å². The number of hydrogen-bond donors (Lipinski definition) is 0. The van der Waals surface area contributed by atoms with Crippen LogP contribution < -0.4 is 0 Å². The lowest BCUT2D eigenvalue weighted by Gasteiger charge is -2.17. The van der Waals surface area contributed by atoms with Gasteiger partial charge in [0, 0.05) is 34.3 Å². The van der Waals surface area contributed by atoms with Gasteiger partial charge in [0.25, 0.3) is 0 Å². The van der Waals surface area contributed by atoms with Crippen LogP contribution >= 0.6 is 0 Å². The van der Waals surface area contributed by atoms with Crippen LogP contribution in [0.25, 0.3) is 77.1 Å². The summed E-state index contributed by atoms with van der Waals surface area (Å²) in [5, 5.41) is 4.56. The Morgan fingerprint density at radius 1 is 0.286 bits per heavy atom. The molecule has 8 aromatic rings. The molecule has 2 heteroatoms. The van der Waals surface area contributed by atoms with Crippen molar-refractivity contribution in [1.29, 1.82) is 0 Å². The standard InChI is InChI=1S/C40H26N2/c1-5-13-27(14-6-1)31-21-37-35-23-33(29-17-9-3-10-18-29)34(30-19-11-4-12-20-30)24-36(35)38-22-32(28-15-7-2-8-16-28)26-42-40(38)39(37)41-25-31/h1-26H. The minimum absolute atomic E-state index is 0.920. The number of benzene rings is 6. The molecule has 8 rings (SSSR count). The Kier molecular flexibility index (Phi) is 5.82. The molecule has 0 amide bonds. The Balaban J connectivity index is 1.53. The summed E-state index contributed by atoms with van der Waals surface area (Å²) in [5.74, 6) is 0. The molecule has 0 saturated carbocycles. The van der Waals surface area contributed by atoms with Crippen molar-refractivity contribution in [1.82, 2.24) is 9.97 Å². The van der Waals surface area contributed by atoms with Gasteiger partial charge in [0.05, 0.1) is 11.0 Å². The molecule has 0 aliphatic heterocycles. The highest BCUT2D eigenvalue weighted by molar-refractivity contribution is 6.25. The number of aromatic nitrogens is 2. The molecule has 6 aromatic carbocycles. The van der Waals surface area contributed by atoms with E-state index >= 15 is 0 Å². The SMILES string of the molecule is c1ccc(-c2cnc3c(c2)c2cc(-c4ccccc4)c(-c4ccccc4)cc2c2cc(-c4ccccc4)cnc23)cc1. The summed E-state index contributed by atoms with van der Waals surface area (Å²) in [7, 11) is 0. The topological polar surface area (TPSA) is 25.8 Å². The molecule has 0 aliphatic rings. The van der Waals surface area contributed by atoms with Crippen molar-refractivity contribution in [2.24, 2.45) is 0 Å². The highest BCUT2D eigenvalue weighted by Crippen LogP contribution is 2.42. The van der Waals surface area contributed by atoms with Gasteiger partial charge in [-0.1, -0.05) is 121 Å². The van der Waals surface area contributed by atoms with Crippen molar-refractivity contribution in [2.45, 2.75) is 0 Å². The van der Waals surface area contributed by atoms with Crippen LogP contribution in [-0.2, 0) is 0 Å². The molecule has 42 heavy (non-hydrogen) atoms. The summed E-state index contributed by atoms with van der Waals surface area (Å²) in [6, 6.07) is 51.6. The molecule has 2 heterocycles. The van der Waals surface area contributed by atoms with Crippen molar-refractivity contribution < 1.29 is 0 Å². The summed E-state index contributed by atoms with van der Waals surface area (Å²) < 4.78 is 0. The zero-order valence-corrected chi connectivity index (χ0v) is 22.9. The lowest BCUT2D eigenvalue weighted by molar-refractivity contribution is 1.38. The van der Waals surface area contributed by atoms with E-state index in [0.29, 0.717) is 0 Å². The predicted molar refractivity (Wildman–Crippen MR) is 176 cm³/mol. The van der Waals surface area contributed by atoms with Crippen molar-refractivity contribution in [2.75, 3.05) is 0 Å². The Morgan fingerprint density at radius 2 is 0.619 bits per heavy atom. The molecule has 0 unspecified atom stereocenters. The molecular weight excluding hydrogens is 508 g/mol. The number of nitrogens with zero attached hydrogens (tertiary/aromatic N) is 2. The number of hydrogen-bond acceptors (Lipinski definition) is 2. The van der Waals surface area contributed by atoms with Gasteiger partial charge >= 0.3 is 0 Å². The van der Waals surface area contributed by atoms with Crippen LogP contribution in [-0.4, -0.2) is 9.97 Å². The summed E-state index contributed by atoms with van der Waals surface area (Å²) in [6.07, 6.45) is 3.96. The van der Waals surface area contributed by atoms with E-state index in [4.69, 9.17) is 9.97 Å². The maximum absolute atomic E-state index is 5.06. The first kappa shape index (κ1) is 24.2. The monoisotopic (exact) mass is 534 g/mol. The first-order valence-corrected chi connectivity index (χ1v) is 14.2. The van der Waals surface area contributed by atoms with Gasteiger partial charge in [0.1, 0.15) is 0 Å². The first-order valence-electron chi connectivity index (χ1n) is 14.2. The summed E-state index contributed by atoms with van der Waals surface area (Å²) in [4.78, 5) is 10.1. The van der Waals surface area contributed by atoms with Crippen molar-refractivity contribution in [3.63, 3.8) is 0 Å². The number of rotatable bonds is 4. The molecule has 0 saturated heterocycles. The molecule has 196 valence electrons. The van der Waals surface area contributed by atoms with Crippen LogP contribution in [0.15, 0.2) is 158 Å². The van der Waals surface area contributed by atoms with Crippen molar-refractivity contribution in [3.05, 3.63) is 158 Å². The van der Waals surface area contributed by atoms with E-state index < -0.39 is 0 Å². The van der Waals surface area contributed by atoms with Gasteiger partial charge in [-0.3, -0.25) is 9.97 Å². The molecule has 2 aromatic heterocycles. The third-order valence-electron chi connectivity index (χ3n) is 8.12. The number of fused-ring (bicyclic) bond motifs is 6. The third kappa shape index (κ3) is 4.13. The van der Waals surface area contributed by atoms with Crippen LogP contribution in [0.2, 0.25) is 0 Å². The fourth-order valence-corrected chi connectivity index (χ4v) is 6.05. The van der Waals surface area contributed by atoms with Crippen molar-refractivity contribution in [3.8, 4) is 44.5 Å². The first-order chi connectivity index (χ1) is 20.8. The van der Waals surface area contributed by atoms with E-state index in [-0.39, 0.29) is 0 Å². The second-order valence-corrected chi connectivity index (χ2v) is 10.6. The zero-order chi connectivity index (χ0) is 27.9. The maximum Gasteiger partial charge on any atom is 0.0971 e. The summed E-state index contributed by atoms with van der Waals surface area (Å²) in [6.45, 7) is 0. The second-order valence-electron chi connectivity index (χ2n) is 10.6. The molecular formula is C40H26N2. The van der Waals surface area contributed by atoms with Gasteiger partial charge in [-0.25, -0.2) is 0 Å². The largest absolute Gasteiger partial charge is 0.253 e. The molecule has 0 bridgehead atoms. The van der Waals surface area contributed by atoms with Gasteiger partial charge in [-0.2, -0.15) is 0 Å². The van der Waals surface area contributed by atoms with E-state index in [2.05, 4.69) is 133 Å². The predicted octanol–water partition coefficient (Wildman–Crippen LogP) is 10.6. The Hall–Kier alpha value is -5.60. The summed E-state index contributed by atoms with van der Waals surface area (Å²) >= 11 is 0. The zero-order valence-electron chi connectivity index (χ0n) is 22.9. The molecule has 0 atom stereocenters. The van der Waals surface area contributed by atoms with Gasteiger partial charge in [0.2, 0.25) is 0 Å². The minimum Gasteiger partial charge on any atom is -0.253 e. The average Bonchev–Trinajstić information content (AvgIpc) is 3.09. The quantitative estimate of drug-likeness (QED) is 0.210. The second kappa shape index (κ2) is 10.1. The number of pyridine rings is 2. The van der Waals surface area contributed by atoms with E-state index in [0.717, 1.165) is 44.1 Å². The Labute approximate surface area is 244 Å². The van der Waals surface area contributed by atoms with E-state index in [1.807, 2.05) is 24.5 Å². The minimum atomic E-state index is 0.920. The highest BCUT2D eigenvalue weighted by Gasteiger charge is 2.17. The smallest absolute Gasteiger partial charge is 0.0971 e. The molecule has 2 nitrogen and oxygen atoms in total. The van der Waals surface area contributed by atoms with Gasteiger partial charge in [-0.15, -0.1) is 0 Å². The Morgan fingerprint density at radius 3 is 0.976 bits per heavy atom. The highest BCUT2D eigenvalue weighted by atomic mass is 14.7. The van der Waals surface area contributed by atoms with E-state index in [1.54, 1.807) is 0 Å². The lowest BCUT2D eigenvalue weighted by Crippen LogP contribution is -1.93. The van der Waals surface area contributed by atoms with Gasteiger partial charge in [-0.05, 0) is 68.4 Å². The van der Waals surface area contributed by atoms with Crippen LogP contribution in [0.1, 0.15) is 0 Å². The molecule has 0 N–H and O–H groups in total. The van der Waals surface area contributed by atoms with Crippen LogP contribution in [0, 0.1) is 0 Å². The fraction of sp³-hybridized carbons (Fsp3) is 0. The summed E-state index contributed by atoms with van der Waals surface area (Å²) in [5.41, 5.74) is 11.1. The normalized spacial score (nSPS) is 11.3.